The number of azide groups is 1. The summed E-state index contributed by atoms with van der Waals surface area (Å²) in [5, 5.41) is 34.5. The Morgan fingerprint density at radius 1 is 1.37 bits per heavy atom. The van der Waals surface area contributed by atoms with Crippen LogP contribution in [-0.4, -0.2) is 42.8 Å². The molecule has 1 atom stereocenters. The number of hydrogen-bond donors (Lipinski definition) is 0. The SMILES string of the molecule is [N-]=[N+]=NC1=NC([N+](=O)[O-])N(C([N+](=O)[O-])[N+](=O)[O-])N1Cl. The molecule has 15 nitrogen and oxygen atoms in total. The van der Waals surface area contributed by atoms with Crippen LogP contribution >= 0.6 is 11.8 Å². The van der Waals surface area contributed by atoms with E-state index in [9.17, 15) is 30.3 Å². The molecule has 0 aromatic heterocycles. The van der Waals surface area contributed by atoms with Gasteiger partial charge in [0.25, 0.3) is 0 Å². The van der Waals surface area contributed by atoms with Gasteiger partial charge in [0.2, 0.25) is 5.96 Å². The standard InChI is InChI=1S/C3H2ClN9O6/c4-10-1(7-8-5)6-2(11(14)15)9(10)3(12(16)17)13(18)19/h2-3H. The first-order valence-electron chi connectivity index (χ1n) is 4.08. The predicted octanol–water partition coefficient (Wildman–Crippen LogP) is -0.264. The van der Waals surface area contributed by atoms with Crippen molar-refractivity contribution >= 4 is 17.7 Å². The van der Waals surface area contributed by atoms with Crippen LogP contribution in [0.4, 0.5) is 0 Å². The van der Waals surface area contributed by atoms with Gasteiger partial charge in [-0.3, -0.25) is 30.3 Å². The number of hydrazine groups is 1. The molecule has 102 valence electrons. The highest BCUT2D eigenvalue weighted by atomic mass is 35.5. The van der Waals surface area contributed by atoms with Crippen molar-refractivity contribution in [1.82, 2.24) is 9.54 Å². The van der Waals surface area contributed by atoms with Gasteiger partial charge >= 0.3 is 12.6 Å². The second-order valence-electron chi connectivity index (χ2n) is 2.81. The highest BCUT2D eigenvalue weighted by Crippen LogP contribution is 2.23. The quantitative estimate of drug-likeness (QED) is 0.128. The molecule has 0 aliphatic carbocycles. The van der Waals surface area contributed by atoms with Crippen molar-refractivity contribution in [2.75, 3.05) is 0 Å². The van der Waals surface area contributed by atoms with Gasteiger partial charge < -0.3 is 0 Å². The van der Waals surface area contributed by atoms with Crippen LogP contribution in [-0.2, 0) is 0 Å². The Labute approximate surface area is 106 Å². The van der Waals surface area contributed by atoms with Crippen LogP contribution in [0.1, 0.15) is 0 Å². The zero-order valence-electron chi connectivity index (χ0n) is 8.51. The molecule has 0 aromatic carbocycles. The number of aliphatic imine (C=N–C) groups is 1. The van der Waals surface area contributed by atoms with Crippen molar-refractivity contribution in [3.63, 3.8) is 0 Å². The molecule has 0 radical (unpaired) electrons. The monoisotopic (exact) mass is 295 g/mol. The van der Waals surface area contributed by atoms with Crippen molar-refractivity contribution in [3.8, 4) is 0 Å². The van der Waals surface area contributed by atoms with Crippen LogP contribution in [0.25, 0.3) is 10.4 Å². The lowest BCUT2D eigenvalue weighted by Gasteiger charge is -2.19. The third kappa shape index (κ3) is 2.57. The predicted molar refractivity (Wildman–Crippen MR) is 54.7 cm³/mol. The molecule has 16 heteroatoms. The molecule has 1 aliphatic rings. The van der Waals surface area contributed by atoms with Crippen LogP contribution < -0.4 is 0 Å². The van der Waals surface area contributed by atoms with Gasteiger partial charge in [-0.1, -0.05) is 0 Å². The summed E-state index contributed by atoms with van der Waals surface area (Å²) in [7, 11) is 0. The largest absolute Gasteiger partial charge is 0.539 e. The van der Waals surface area contributed by atoms with Crippen LogP contribution in [0.5, 0.6) is 0 Å². The first-order valence-corrected chi connectivity index (χ1v) is 4.42. The molecule has 0 spiro atoms. The highest BCUT2D eigenvalue weighted by Gasteiger charge is 2.57. The van der Waals surface area contributed by atoms with Crippen LogP contribution in [0.2, 0.25) is 0 Å². The van der Waals surface area contributed by atoms with Crippen molar-refractivity contribution in [1.29, 1.82) is 0 Å². The lowest BCUT2D eigenvalue weighted by Crippen LogP contribution is -2.55. The number of nitro groups is 3. The minimum absolute atomic E-state index is 0.0590. The Morgan fingerprint density at radius 2 is 1.89 bits per heavy atom. The zero-order valence-corrected chi connectivity index (χ0v) is 9.26. The molecule has 0 saturated heterocycles. The smallest absolute Gasteiger partial charge is 0.261 e. The van der Waals surface area contributed by atoms with E-state index in [1.807, 2.05) is 0 Å². The third-order valence-corrected chi connectivity index (χ3v) is 2.10. The fourth-order valence-electron chi connectivity index (χ4n) is 1.13. The van der Waals surface area contributed by atoms with Gasteiger partial charge in [0, 0.05) is 21.7 Å². The van der Waals surface area contributed by atoms with E-state index in [0.717, 1.165) is 0 Å². The Morgan fingerprint density at radius 3 is 2.26 bits per heavy atom. The van der Waals surface area contributed by atoms with Crippen LogP contribution in [0, 0.1) is 30.3 Å². The molecule has 1 unspecified atom stereocenters. The Balaban J connectivity index is 3.25. The Bertz CT molecular complexity index is 498. The first kappa shape index (κ1) is 14.3. The maximum absolute atomic E-state index is 10.6. The van der Waals surface area contributed by atoms with Crippen molar-refractivity contribution in [2.24, 2.45) is 10.1 Å². The van der Waals surface area contributed by atoms with Crippen LogP contribution in [0.3, 0.4) is 0 Å². The minimum Gasteiger partial charge on any atom is -0.261 e. The molecule has 0 N–H and O–H groups in total. The zero-order chi connectivity index (χ0) is 14.7. The Kier molecular flexibility index (Phi) is 3.95. The number of rotatable bonds is 4. The second-order valence-corrected chi connectivity index (χ2v) is 3.13. The summed E-state index contributed by atoms with van der Waals surface area (Å²) in [5.74, 6) is -0.820. The summed E-state index contributed by atoms with van der Waals surface area (Å²) in [4.78, 5) is 33.1. The molecule has 1 heterocycles. The summed E-state index contributed by atoms with van der Waals surface area (Å²) < 4.78 is 0.0590. The van der Waals surface area contributed by atoms with Gasteiger partial charge in [-0.2, -0.15) is 9.52 Å². The molecular formula is C3H2ClN9O6. The van der Waals surface area contributed by atoms with Gasteiger partial charge in [-0.25, -0.2) is 0 Å². The van der Waals surface area contributed by atoms with E-state index in [1.54, 1.807) is 0 Å². The molecule has 1 aliphatic heterocycles. The summed E-state index contributed by atoms with van der Waals surface area (Å²) in [6.45, 7) is 0. The second kappa shape index (κ2) is 5.25. The molecule has 0 saturated carbocycles. The summed E-state index contributed by atoms with van der Waals surface area (Å²) in [5.41, 5.74) is 8.15. The number of hydrogen-bond acceptors (Lipinski definition) is 10. The Hall–Kier alpha value is -2.77. The molecule has 0 amide bonds. The lowest BCUT2D eigenvalue weighted by atomic mass is 10.7. The minimum atomic E-state index is -2.76. The van der Waals surface area contributed by atoms with Gasteiger partial charge in [-0.05, 0) is 10.6 Å². The van der Waals surface area contributed by atoms with E-state index in [4.69, 9.17) is 17.3 Å². The number of guanidine groups is 1. The molecular weight excluding hydrogens is 294 g/mol. The van der Waals surface area contributed by atoms with Gasteiger partial charge in [0.15, 0.2) is 0 Å². The molecule has 0 fully saturated rings. The van der Waals surface area contributed by atoms with Crippen molar-refractivity contribution in [2.45, 2.75) is 12.6 Å². The molecule has 0 aromatic rings. The third-order valence-electron chi connectivity index (χ3n) is 1.77. The summed E-state index contributed by atoms with van der Waals surface area (Å²) in [6.07, 6.45) is -5.01. The normalized spacial score (nSPS) is 18.9. The average Bonchev–Trinajstić information content (AvgIpc) is 2.58. The van der Waals surface area contributed by atoms with E-state index in [-0.39, 0.29) is 9.54 Å². The van der Waals surface area contributed by atoms with E-state index in [1.165, 1.54) is 0 Å². The van der Waals surface area contributed by atoms with E-state index in [0.29, 0.717) is 0 Å². The van der Waals surface area contributed by atoms with E-state index in [2.05, 4.69) is 15.0 Å². The lowest BCUT2D eigenvalue weighted by molar-refractivity contribution is -0.787. The highest BCUT2D eigenvalue weighted by molar-refractivity contribution is 6.21. The van der Waals surface area contributed by atoms with Gasteiger partial charge in [-0.15, -0.1) is 0 Å². The van der Waals surface area contributed by atoms with Crippen LogP contribution in [0.15, 0.2) is 10.1 Å². The first-order chi connectivity index (χ1) is 8.81. The van der Waals surface area contributed by atoms with E-state index >= 15 is 0 Å². The summed E-state index contributed by atoms with van der Waals surface area (Å²) >= 11 is 5.40. The van der Waals surface area contributed by atoms with Gasteiger partial charge in [0.1, 0.15) is 9.85 Å². The van der Waals surface area contributed by atoms with Crippen molar-refractivity contribution < 1.29 is 14.8 Å². The fourth-order valence-corrected chi connectivity index (χ4v) is 1.36. The topological polar surface area (TPSA) is 197 Å². The van der Waals surface area contributed by atoms with Crippen molar-refractivity contribution in [3.05, 3.63) is 40.8 Å². The maximum atomic E-state index is 10.6. The van der Waals surface area contributed by atoms with Gasteiger partial charge in [0.05, 0.1) is 4.92 Å². The maximum Gasteiger partial charge on any atom is 0.539 e. The molecule has 1 rings (SSSR count). The number of halogens is 1. The fraction of sp³-hybridized carbons (Fsp3) is 0.667. The summed E-state index contributed by atoms with van der Waals surface area (Å²) in [6, 6.07) is 0. The number of nitrogens with zero attached hydrogens (tertiary/aromatic N) is 9. The van der Waals surface area contributed by atoms with E-state index < -0.39 is 33.3 Å². The average molecular weight is 296 g/mol. The molecule has 0 bridgehead atoms. The molecule has 19 heavy (non-hydrogen) atoms.